The van der Waals surface area contributed by atoms with Crippen molar-refractivity contribution in [2.24, 2.45) is 0 Å². The largest absolute Gasteiger partial charge is 0.466 e. The van der Waals surface area contributed by atoms with E-state index in [-0.39, 0.29) is 5.97 Å². The maximum Gasteiger partial charge on any atom is 0.305 e. The summed E-state index contributed by atoms with van der Waals surface area (Å²) in [5, 5.41) is 0. The maximum atomic E-state index is 10.8. The van der Waals surface area contributed by atoms with E-state index < -0.39 is 0 Å². The molecule has 0 aliphatic carbocycles. The van der Waals surface area contributed by atoms with Gasteiger partial charge in [-0.1, -0.05) is 104 Å². The van der Waals surface area contributed by atoms with Crippen molar-refractivity contribution in [3.05, 3.63) is 0 Å². The van der Waals surface area contributed by atoms with Crippen molar-refractivity contribution in [1.82, 2.24) is 0 Å². The number of hydrogen-bond donors (Lipinski definition) is 0. The summed E-state index contributed by atoms with van der Waals surface area (Å²) >= 11 is 0. The highest BCUT2D eigenvalue weighted by molar-refractivity contribution is 7.37. The predicted molar refractivity (Wildman–Crippen MR) is 130 cm³/mol. The molecule has 0 spiro atoms. The molecule has 0 aliphatic heterocycles. The Morgan fingerprint density at radius 2 is 0.964 bits per heavy atom. The third-order valence-corrected chi connectivity index (χ3v) is 6.37. The number of esters is 1. The summed E-state index contributed by atoms with van der Waals surface area (Å²) < 4.78 is 4.78. The zero-order valence-electron chi connectivity index (χ0n) is 20.0. The molecule has 0 aromatic carbocycles. The monoisotopic (exact) mass is 416 g/mol. The van der Waals surface area contributed by atoms with E-state index in [1.54, 1.807) is 0 Å². The maximum absolute atomic E-state index is 10.8. The number of unbranched alkanes of at least 4 members (excludes halogenated alkanes) is 13. The molecule has 0 aromatic rings. The highest BCUT2D eigenvalue weighted by Gasteiger charge is 1.99. The molecule has 0 amide bonds. The fraction of sp³-hybridized carbons (Fsp3) is 0.960. The number of hydrogen-bond acceptors (Lipinski definition) is 2. The highest BCUT2D eigenvalue weighted by Crippen LogP contribution is 2.17. The summed E-state index contributed by atoms with van der Waals surface area (Å²) in [7, 11) is 1.26. The van der Waals surface area contributed by atoms with Gasteiger partial charge in [-0.25, -0.2) is 0 Å². The van der Waals surface area contributed by atoms with Crippen molar-refractivity contribution in [1.29, 1.82) is 0 Å². The van der Waals surface area contributed by atoms with Crippen LogP contribution in [0.5, 0.6) is 0 Å². The minimum absolute atomic E-state index is 0.0522. The molecule has 0 saturated heterocycles. The van der Waals surface area contributed by atoms with Gasteiger partial charge in [-0.2, -0.15) is 0 Å². The van der Waals surface area contributed by atoms with E-state index in [4.69, 9.17) is 4.74 Å². The van der Waals surface area contributed by atoms with Crippen molar-refractivity contribution in [2.75, 3.05) is 18.9 Å². The fourth-order valence-electron chi connectivity index (χ4n) is 3.11. The van der Waals surface area contributed by atoms with E-state index in [2.05, 4.69) is 20.8 Å². The first kappa shape index (κ1) is 30.1. The van der Waals surface area contributed by atoms with Crippen LogP contribution in [0.25, 0.3) is 0 Å². The molecule has 28 heavy (non-hydrogen) atoms. The molecular formula is C25H53O2P. The van der Waals surface area contributed by atoms with E-state index in [1.165, 1.54) is 111 Å². The average molecular weight is 417 g/mol. The second-order valence-electron chi connectivity index (χ2n) is 7.90. The predicted octanol–water partition coefficient (Wildman–Crippen LogP) is 8.91. The topological polar surface area (TPSA) is 26.3 Å². The van der Waals surface area contributed by atoms with Crippen molar-refractivity contribution in [3.8, 4) is 0 Å². The van der Waals surface area contributed by atoms with Crippen LogP contribution in [0.1, 0.15) is 137 Å². The lowest BCUT2D eigenvalue weighted by Crippen LogP contribution is -2.02. The Bertz CT molecular complexity index is 268. The zero-order chi connectivity index (χ0) is 21.1. The van der Waals surface area contributed by atoms with Gasteiger partial charge in [0.1, 0.15) is 0 Å². The van der Waals surface area contributed by atoms with Crippen LogP contribution in [0.3, 0.4) is 0 Å². The highest BCUT2D eigenvalue weighted by atomic mass is 31.1. The Kier molecular flexibility index (Phi) is 31.3. The van der Waals surface area contributed by atoms with Crippen LogP contribution in [0.2, 0.25) is 0 Å². The lowest BCUT2D eigenvalue weighted by atomic mass is 10.1. The molecule has 0 heterocycles. The second-order valence-corrected chi connectivity index (χ2v) is 9.40. The molecular weight excluding hydrogens is 363 g/mol. The van der Waals surface area contributed by atoms with Gasteiger partial charge >= 0.3 is 5.97 Å². The van der Waals surface area contributed by atoms with Gasteiger partial charge in [0.25, 0.3) is 0 Å². The molecule has 2 nitrogen and oxygen atoms in total. The van der Waals surface area contributed by atoms with E-state index in [0.29, 0.717) is 13.0 Å². The average Bonchev–Trinajstić information content (AvgIpc) is 2.70. The molecule has 0 unspecified atom stereocenters. The quantitative estimate of drug-likeness (QED) is 0.112. The molecule has 3 heteroatoms. The van der Waals surface area contributed by atoms with Crippen LogP contribution >= 0.6 is 8.58 Å². The number of carbonyl (C=O) groups excluding carboxylic acids is 1. The zero-order valence-corrected chi connectivity index (χ0v) is 21.0. The molecule has 0 N–H and O–H groups in total. The van der Waals surface area contributed by atoms with E-state index in [0.717, 1.165) is 12.8 Å². The van der Waals surface area contributed by atoms with Gasteiger partial charge in [0, 0.05) is 6.42 Å². The van der Waals surface area contributed by atoms with Crippen molar-refractivity contribution < 1.29 is 9.53 Å². The Balaban J connectivity index is 0. The molecule has 0 aliphatic rings. The van der Waals surface area contributed by atoms with Crippen molar-refractivity contribution in [2.45, 2.75) is 137 Å². The Morgan fingerprint density at radius 1 is 0.571 bits per heavy atom. The summed E-state index contributed by atoms with van der Waals surface area (Å²) in [6.45, 7) is 9.09. The standard InChI is InChI=1S/C16H35P.C9H18O2/c1-3-5-7-9-11-13-15-17-16-14-12-10-8-6-4-2;1-3-5-6-7-8-9(10)11-4-2/h17H,3-16H2,1-2H3;3-8H2,1-2H3. The number of carbonyl (C=O) groups is 1. The van der Waals surface area contributed by atoms with Gasteiger partial charge in [0.05, 0.1) is 6.61 Å². The summed E-state index contributed by atoms with van der Waals surface area (Å²) in [6, 6.07) is 0. The van der Waals surface area contributed by atoms with Crippen LogP contribution in [0.15, 0.2) is 0 Å². The number of ether oxygens (including phenoxy) is 1. The fourth-order valence-corrected chi connectivity index (χ4v) is 4.36. The minimum Gasteiger partial charge on any atom is -0.466 e. The molecule has 0 fully saturated rings. The Labute approximate surface area is 180 Å². The minimum atomic E-state index is -0.0522. The molecule has 170 valence electrons. The normalized spacial score (nSPS) is 10.4. The molecule has 0 bridgehead atoms. The van der Waals surface area contributed by atoms with Crippen LogP contribution in [-0.4, -0.2) is 24.9 Å². The summed E-state index contributed by atoms with van der Waals surface area (Å²) in [5.41, 5.74) is 0. The van der Waals surface area contributed by atoms with Gasteiger partial charge in [0.2, 0.25) is 0 Å². The first-order valence-corrected chi connectivity index (χ1v) is 14.0. The third kappa shape index (κ3) is 30.6. The van der Waals surface area contributed by atoms with Crippen LogP contribution in [-0.2, 0) is 9.53 Å². The lowest BCUT2D eigenvalue weighted by molar-refractivity contribution is -0.143. The molecule has 0 aromatic heterocycles. The van der Waals surface area contributed by atoms with Crippen molar-refractivity contribution in [3.63, 3.8) is 0 Å². The van der Waals surface area contributed by atoms with E-state index in [9.17, 15) is 4.79 Å². The van der Waals surface area contributed by atoms with E-state index >= 15 is 0 Å². The van der Waals surface area contributed by atoms with Gasteiger partial charge in [-0.05, 0) is 38.5 Å². The summed E-state index contributed by atoms with van der Waals surface area (Å²) in [6.07, 6.45) is 25.7. The Hall–Kier alpha value is -0.100. The van der Waals surface area contributed by atoms with Crippen LogP contribution in [0, 0.1) is 0 Å². The lowest BCUT2D eigenvalue weighted by Gasteiger charge is -2.03. The molecule has 0 atom stereocenters. The van der Waals surface area contributed by atoms with Gasteiger partial charge in [-0.3, -0.25) is 4.79 Å². The second kappa shape index (κ2) is 29.1. The van der Waals surface area contributed by atoms with Crippen LogP contribution < -0.4 is 0 Å². The van der Waals surface area contributed by atoms with Gasteiger partial charge < -0.3 is 4.74 Å². The van der Waals surface area contributed by atoms with E-state index in [1.807, 2.05) is 6.92 Å². The molecule has 0 saturated carbocycles. The molecule has 0 rings (SSSR count). The van der Waals surface area contributed by atoms with Crippen molar-refractivity contribution >= 4 is 14.6 Å². The van der Waals surface area contributed by atoms with Gasteiger partial charge in [-0.15, -0.1) is 8.58 Å². The molecule has 0 radical (unpaired) electrons. The SMILES string of the molecule is CCCCCCC(=O)OCC.CCCCCCCCPCCCCCCCC. The summed E-state index contributed by atoms with van der Waals surface area (Å²) in [5.74, 6) is -0.0522. The summed E-state index contributed by atoms with van der Waals surface area (Å²) in [4.78, 5) is 10.8. The third-order valence-electron chi connectivity index (χ3n) is 4.95. The van der Waals surface area contributed by atoms with Gasteiger partial charge in [0.15, 0.2) is 0 Å². The number of rotatable bonds is 20. The first-order chi connectivity index (χ1) is 13.7. The smallest absolute Gasteiger partial charge is 0.305 e. The Morgan fingerprint density at radius 3 is 1.39 bits per heavy atom. The van der Waals surface area contributed by atoms with Crippen LogP contribution in [0.4, 0.5) is 0 Å². The first-order valence-electron chi connectivity index (χ1n) is 12.6.